The van der Waals surface area contributed by atoms with E-state index in [0.29, 0.717) is 47.1 Å². The Morgan fingerprint density at radius 3 is 1.68 bits per heavy atom. The number of aromatic nitrogens is 9. The third-order valence-electron chi connectivity index (χ3n) is 10.8. The van der Waals surface area contributed by atoms with Crippen molar-refractivity contribution in [2.75, 3.05) is 14.1 Å². The van der Waals surface area contributed by atoms with Gasteiger partial charge in [0, 0.05) is 61.2 Å². The van der Waals surface area contributed by atoms with Gasteiger partial charge in [0.15, 0.2) is 0 Å². The molecular formula is C46H51N13O4S2. The minimum Gasteiger partial charge on any atom is -0.359 e. The zero-order chi connectivity index (χ0) is 45.4. The van der Waals surface area contributed by atoms with Crippen LogP contribution >= 0.6 is 22.7 Å². The van der Waals surface area contributed by atoms with E-state index in [2.05, 4.69) is 78.5 Å². The van der Waals surface area contributed by atoms with E-state index in [1.54, 1.807) is 62.3 Å². The van der Waals surface area contributed by atoms with Crippen LogP contribution in [-0.4, -0.2) is 82.8 Å². The van der Waals surface area contributed by atoms with E-state index in [4.69, 9.17) is 0 Å². The topological polar surface area (TPSA) is 241 Å². The van der Waals surface area contributed by atoms with Crippen LogP contribution in [0.2, 0.25) is 0 Å². The number of fused-ring (bicyclic) bond motifs is 2. The van der Waals surface area contributed by atoms with Crippen molar-refractivity contribution in [3.05, 3.63) is 118 Å². The summed E-state index contributed by atoms with van der Waals surface area (Å²) in [5.74, 6) is 1.18. The molecule has 0 bridgehead atoms. The van der Waals surface area contributed by atoms with E-state index >= 15 is 0 Å². The van der Waals surface area contributed by atoms with Crippen LogP contribution in [0.1, 0.15) is 107 Å². The zero-order valence-electron chi connectivity index (χ0n) is 36.1. The first-order valence-corrected chi connectivity index (χ1v) is 23.2. The number of unbranched alkanes of at least 4 members (excludes halogenated alkanes) is 4. The molecule has 4 amide bonds. The number of thiazole rings is 2. The average Bonchev–Trinajstić information content (AvgIpc) is 4.20. The van der Waals surface area contributed by atoms with Gasteiger partial charge in [-0.15, -0.1) is 22.7 Å². The Bertz CT molecular complexity index is 2780. The molecule has 0 fully saturated rings. The quantitative estimate of drug-likeness (QED) is 0.0366. The van der Waals surface area contributed by atoms with Crippen molar-refractivity contribution in [2.24, 2.45) is 0 Å². The zero-order valence-corrected chi connectivity index (χ0v) is 37.7. The van der Waals surface area contributed by atoms with Crippen LogP contribution in [0, 0.1) is 0 Å². The Morgan fingerprint density at radius 2 is 1.14 bits per heavy atom. The van der Waals surface area contributed by atoms with Crippen molar-refractivity contribution in [1.82, 2.24) is 66.4 Å². The molecule has 2 aromatic carbocycles. The number of benzene rings is 2. The molecule has 6 aromatic heterocycles. The summed E-state index contributed by atoms with van der Waals surface area (Å²) in [6.45, 7) is 0. The number of carbonyl (C=O) groups is 4. The SMILES string of the molecule is CNC(=O)CCCCC[C@H](NC(=O)c1cncs1)c1ncc(-c2ccc3[nH]ncc3c2)[nH]1.CNC(=O)CCCCC[C@H](NC(=O)c1cncs1)c1ncc(-c2ccc3ccncc3c2)[nH]1. The number of rotatable bonds is 20. The Kier molecular flexibility index (Phi) is 16.2. The molecule has 65 heavy (non-hydrogen) atoms. The Morgan fingerprint density at radius 1 is 0.585 bits per heavy atom. The van der Waals surface area contributed by atoms with Crippen LogP contribution in [0.15, 0.2) is 96.9 Å². The van der Waals surface area contributed by atoms with Crippen LogP contribution in [0.5, 0.6) is 0 Å². The highest BCUT2D eigenvalue weighted by molar-refractivity contribution is 7.12. The minimum atomic E-state index is -0.268. The van der Waals surface area contributed by atoms with Gasteiger partial charge in [-0.2, -0.15) is 5.10 Å². The number of aromatic amines is 3. The largest absolute Gasteiger partial charge is 0.359 e. The number of amides is 4. The van der Waals surface area contributed by atoms with Gasteiger partial charge in [-0.1, -0.05) is 43.9 Å². The maximum absolute atomic E-state index is 12.7. The predicted molar refractivity (Wildman–Crippen MR) is 252 cm³/mol. The number of pyridine rings is 1. The first-order chi connectivity index (χ1) is 31.8. The number of hydrogen-bond acceptors (Lipinski definition) is 12. The molecule has 8 aromatic rings. The summed E-state index contributed by atoms with van der Waals surface area (Å²) in [5, 5.41) is 21.7. The summed E-state index contributed by atoms with van der Waals surface area (Å²) < 4.78 is 0. The summed E-state index contributed by atoms with van der Waals surface area (Å²) in [6, 6.07) is 13.6. The number of imidazole rings is 2. The Labute approximate surface area is 383 Å². The van der Waals surface area contributed by atoms with Gasteiger partial charge in [0.1, 0.15) is 21.4 Å². The van der Waals surface area contributed by atoms with Gasteiger partial charge in [0.05, 0.1) is 71.0 Å². The van der Waals surface area contributed by atoms with Gasteiger partial charge in [-0.3, -0.25) is 39.2 Å². The number of hydrogen-bond donors (Lipinski definition) is 7. The highest BCUT2D eigenvalue weighted by Gasteiger charge is 2.22. The number of H-pyrrole nitrogens is 3. The lowest BCUT2D eigenvalue weighted by Gasteiger charge is -2.16. The van der Waals surface area contributed by atoms with E-state index in [0.717, 1.165) is 82.7 Å². The number of nitrogens with zero attached hydrogens (tertiary/aromatic N) is 6. The Hall–Kier alpha value is -7.12. The maximum Gasteiger partial charge on any atom is 0.263 e. The monoisotopic (exact) mass is 913 g/mol. The number of carbonyl (C=O) groups excluding carboxylic acids is 4. The van der Waals surface area contributed by atoms with E-state index in [1.165, 1.54) is 22.7 Å². The highest BCUT2D eigenvalue weighted by atomic mass is 32.1. The van der Waals surface area contributed by atoms with Crippen LogP contribution in [0.25, 0.3) is 44.2 Å². The molecule has 0 aliphatic carbocycles. The molecule has 0 saturated heterocycles. The van der Waals surface area contributed by atoms with Gasteiger partial charge >= 0.3 is 0 Å². The third-order valence-corrected chi connectivity index (χ3v) is 12.4. The van der Waals surface area contributed by atoms with Crippen molar-refractivity contribution in [3.8, 4) is 22.5 Å². The molecule has 8 rings (SSSR count). The first-order valence-electron chi connectivity index (χ1n) is 21.4. The summed E-state index contributed by atoms with van der Waals surface area (Å²) >= 11 is 2.61. The van der Waals surface area contributed by atoms with Crippen LogP contribution in [-0.2, 0) is 9.59 Å². The van der Waals surface area contributed by atoms with E-state index in [-0.39, 0.29) is 35.7 Å². The van der Waals surface area contributed by atoms with Crippen molar-refractivity contribution in [1.29, 1.82) is 0 Å². The van der Waals surface area contributed by atoms with Gasteiger partial charge in [0.25, 0.3) is 11.8 Å². The maximum atomic E-state index is 12.7. The van der Waals surface area contributed by atoms with Gasteiger partial charge in [-0.25, -0.2) is 9.97 Å². The first kappa shape index (κ1) is 45.9. The van der Waals surface area contributed by atoms with Crippen molar-refractivity contribution in [3.63, 3.8) is 0 Å². The molecule has 336 valence electrons. The van der Waals surface area contributed by atoms with Crippen LogP contribution in [0.3, 0.4) is 0 Å². The van der Waals surface area contributed by atoms with Gasteiger partial charge < -0.3 is 31.2 Å². The second kappa shape index (κ2) is 23.0. The van der Waals surface area contributed by atoms with Crippen molar-refractivity contribution in [2.45, 2.75) is 76.3 Å². The molecule has 7 N–H and O–H groups in total. The lowest BCUT2D eigenvalue weighted by molar-refractivity contribution is -0.121. The Balaban J connectivity index is 0.000000194. The van der Waals surface area contributed by atoms with Crippen molar-refractivity contribution < 1.29 is 19.2 Å². The smallest absolute Gasteiger partial charge is 0.263 e. The normalized spacial score (nSPS) is 12.0. The molecule has 0 aliphatic heterocycles. The average molecular weight is 914 g/mol. The highest BCUT2D eigenvalue weighted by Crippen LogP contribution is 2.28. The molecule has 0 aliphatic rings. The standard InChI is InChI=1S/C24H26N6O2S.C22H25N7O2S/c1-25-22(31)6-4-2-3-5-19(30-24(32)21-14-27-15-33-21)23-28-13-20(29-23)17-8-7-16-9-10-26-12-18(16)11-17;1-23-20(30)6-4-2-3-5-17(28-22(31)19-12-24-13-32-19)21-25-11-18(27-21)14-7-8-16-15(9-14)10-26-29-16/h7-15,19H,2-6H2,1H3,(H,25,31)(H,28,29)(H,30,32);7-13,17H,2-6H2,1H3,(H,23,30)(H,25,27)(H,26,29)(H,28,31)/t19-;17-/m00/s1. The van der Waals surface area contributed by atoms with E-state index in [9.17, 15) is 19.2 Å². The molecular weight excluding hydrogens is 863 g/mol. The molecule has 0 unspecified atom stereocenters. The summed E-state index contributed by atoms with van der Waals surface area (Å²) in [6.07, 6.45) is 19.7. The second-order valence-electron chi connectivity index (χ2n) is 15.3. The second-order valence-corrected chi connectivity index (χ2v) is 17.1. The summed E-state index contributed by atoms with van der Waals surface area (Å²) in [7, 11) is 3.29. The molecule has 6 heterocycles. The fourth-order valence-corrected chi connectivity index (χ4v) is 8.27. The van der Waals surface area contributed by atoms with E-state index < -0.39 is 0 Å². The predicted octanol–water partition coefficient (Wildman–Crippen LogP) is 7.83. The minimum absolute atomic E-state index is 0.0466. The van der Waals surface area contributed by atoms with Gasteiger partial charge in [-0.05, 0) is 55.3 Å². The fourth-order valence-electron chi connectivity index (χ4n) is 7.22. The molecule has 17 nitrogen and oxygen atoms in total. The number of nitrogens with one attached hydrogen (secondary N) is 7. The van der Waals surface area contributed by atoms with Gasteiger partial charge in [0.2, 0.25) is 11.8 Å². The van der Waals surface area contributed by atoms with Crippen LogP contribution < -0.4 is 21.3 Å². The van der Waals surface area contributed by atoms with Crippen molar-refractivity contribution >= 4 is 68.0 Å². The molecule has 0 saturated carbocycles. The molecule has 0 radical (unpaired) electrons. The lowest BCUT2D eigenvalue weighted by atomic mass is 10.1. The molecule has 19 heteroatoms. The summed E-state index contributed by atoms with van der Waals surface area (Å²) in [4.78, 5) is 77.4. The third kappa shape index (κ3) is 12.8. The molecule has 2 atom stereocenters. The lowest BCUT2D eigenvalue weighted by Crippen LogP contribution is -2.28. The summed E-state index contributed by atoms with van der Waals surface area (Å²) in [5.41, 5.74) is 8.01. The van der Waals surface area contributed by atoms with E-state index in [1.807, 2.05) is 36.5 Å². The van der Waals surface area contributed by atoms with Crippen LogP contribution in [0.4, 0.5) is 0 Å². The fraction of sp³-hybridized carbons (Fsp3) is 0.304. The molecule has 0 spiro atoms.